The summed E-state index contributed by atoms with van der Waals surface area (Å²) in [5, 5.41) is 2.99. The Labute approximate surface area is 190 Å². The van der Waals surface area contributed by atoms with Crippen LogP contribution in [-0.2, 0) is 9.47 Å². The molecule has 0 saturated carbocycles. The van der Waals surface area contributed by atoms with E-state index in [1.807, 2.05) is 17.0 Å². The second kappa shape index (κ2) is 10.6. The van der Waals surface area contributed by atoms with E-state index >= 15 is 0 Å². The molecule has 3 aliphatic heterocycles. The minimum absolute atomic E-state index is 0.0584. The molecule has 8 heteroatoms. The van der Waals surface area contributed by atoms with Crippen LogP contribution in [-0.4, -0.2) is 97.9 Å². The molecule has 0 radical (unpaired) electrons. The number of nitrogens with zero attached hydrogens (tertiary/aromatic N) is 3. The zero-order valence-electron chi connectivity index (χ0n) is 19.3. The predicted molar refractivity (Wildman–Crippen MR) is 123 cm³/mol. The fraction of sp³-hybridized carbons (Fsp3) is 0.667. The molecule has 1 N–H and O–H groups in total. The molecule has 3 saturated heterocycles. The van der Waals surface area contributed by atoms with E-state index in [1.165, 1.54) is 0 Å². The summed E-state index contributed by atoms with van der Waals surface area (Å²) in [6.45, 7) is 11.1. The average Bonchev–Trinajstić information content (AvgIpc) is 2.79. The van der Waals surface area contributed by atoms with Crippen LogP contribution in [0.25, 0.3) is 0 Å². The quantitative estimate of drug-likeness (QED) is 0.773. The van der Waals surface area contributed by atoms with Gasteiger partial charge in [-0.2, -0.15) is 0 Å². The number of benzene rings is 1. The number of likely N-dealkylation sites (tertiary alicyclic amines) is 1. The molecule has 0 bridgehead atoms. The summed E-state index contributed by atoms with van der Waals surface area (Å²) in [5.41, 5.74) is 1.11. The Hall–Kier alpha value is -2.16. The number of hydrogen-bond donors (Lipinski definition) is 1. The maximum absolute atomic E-state index is 12.9. The van der Waals surface area contributed by atoms with Gasteiger partial charge in [-0.25, -0.2) is 4.79 Å². The van der Waals surface area contributed by atoms with Gasteiger partial charge in [0.05, 0.1) is 36.7 Å². The number of rotatable bonds is 4. The van der Waals surface area contributed by atoms with Crippen LogP contribution in [0.2, 0.25) is 0 Å². The van der Waals surface area contributed by atoms with Crippen LogP contribution in [0.4, 0.5) is 10.5 Å². The fourth-order valence-corrected chi connectivity index (χ4v) is 5.03. The van der Waals surface area contributed by atoms with Gasteiger partial charge in [-0.1, -0.05) is 12.1 Å². The highest BCUT2D eigenvalue weighted by Gasteiger charge is 2.29. The normalized spacial score (nSPS) is 25.6. The topological polar surface area (TPSA) is 74.4 Å². The molecule has 0 aliphatic carbocycles. The van der Waals surface area contributed by atoms with Crippen LogP contribution >= 0.6 is 0 Å². The number of amides is 3. The Kier molecular flexibility index (Phi) is 7.65. The van der Waals surface area contributed by atoms with Crippen molar-refractivity contribution in [3.8, 4) is 0 Å². The number of para-hydroxylation sites is 1. The van der Waals surface area contributed by atoms with E-state index in [-0.39, 0.29) is 24.1 Å². The molecule has 3 fully saturated rings. The molecule has 3 amide bonds. The largest absolute Gasteiger partial charge is 0.378 e. The molecule has 176 valence electrons. The van der Waals surface area contributed by atoms with E-state index in [4.69, 9.17) is 9.47 Å². The Morgan fingerprint density at radius 1 is 0.969 bits per heavy atom. The Bertz CT molecular complexity index is 780. The average molecular weight is 445 g/mol. The number of morpholine rings is 2. The van der Waals surface area contributed by atoms with E-state index < -0.39 is 0 Å². The lowest BCUT2D eigenvalue weighted by atomic mass is 9.96. The van der Waals surface area contributed by atoms with Crippen LogP contribution in [0.5, 0.6) is 0 Å². The van der Waals surface area contributed by atoms with Crippen molar-refractivity contribution in [1.82, 2.24) is 14.7 Å². The minimum Gasteiger partial charge on any atom is -0.378 e. The number of anilines is 1. The van der Waals surface area contributed by atoms with Crippen molar-refractivity contribution in [1.29, 1.82) is 0 Å². The van der Waals surface area contributed by atoms with E-state index in [0.29, 0.717) is 43.5 Å². The van der Waals surface area contributed by atoms with Crippen LogP contribution in [0.1, 0.15) is 37.0 Å². The van der Waals surface area contributed by atoms with Gasteiger partial charge in [0.1, 0.15) is 0 Å². The third-order valence-electron chi connectivity index (χ3n) is 6.61. The second-order valence-electron chi connectivity index (χ2n) is 9.29. The van der Waals surface area contributed by atoms with Gasteiger partial charge in [-0.15, -0.1) is 0 Å². The van der Waals surface area contributed by atoms with Crippen molar-refractivity contribution in [2.24, 2.45) is 5.92 Å². The highest BCUT2D eigenvalue weighted by atomic mass is 16.5. The SMILES string of the molecule is CC1CN(CC2CCN(C(=O)Nc3ccccc3C(=O)N3CCOCC3)CC2)CC(C)O1. The van der Waals surface area contributed by atoms with Crippen molar-refractivity contribution >= 4 is 17.6 Å². The van der Waals surface area contributed by atoms with Gasteiger partial charge in [0.2, 0.25) is 0 Å². The Morgan fingerprint density at radius 2 is 1.62 bits per heavy atom. The van der Waals surface area contributed by atoms with Gasteiger partial charge in [-0.05, 0) is 44.7 Å². The molecular formula is C24H36N4O4. The third-order valence-corrected chi connectivity index (χ3v) is 6.61. The van der Waals surface area contributed by atoms with Gasteiger partial charge in [0.15, 0.2) is 0 Å². The molecule has 0 aromatic heterocycles. The summed E-state index contributed by atoms with van der Waals surface area (Å²) in [4.78, 5) is 32.1. The Morgan fingerprint density at radius 3 is 2.31 bits per heavy atom. The zero-order valence-corrected chi connectivity index (χ0v) is 19.3. The van der Waals surface area contributed by atoms with E-state index in [2.05, 4.69) is 24.1 Å². The maximum Gasteiger partial charge on any atom is 0.321 e. The van der Waals surface area contributed by atoms with Crippen LogP contribution in [0.15, 0.2) is 24.3 Å². The molecule has 4 rings (SSSR count). The summed E-state index contributed by atoms with van der Waals surface area (Å²) in [6, 6.07) is 7.15. The number of piperidine rings is 1. The van der Waals surface area contributed by atoms with Gasteiger partial charge in [0, 0.05) is 45.8 Å². The maximum atomic E-state index is 12.9. The lowest BCUT2D eigenvalue weighted by Gasteiger charge is -2.39. The van der Waals surface area contributed by atoms with E-state index in [9.17, 15) is 9.59 Å². The monoisotopic (exact) mass is 444 g/mol. The predicted octanol–water partition coefficient (Wildman–Crippen LogP) is 2.51. The third kappa shape index (κ3) is 5.79. The first-order valence-corrected chi connectivity index (χ1v) is 11.9. The molecule has 1 aromatic carbocycles. The van der Waals surface area contributed by atoms with Gasteiger partial charge >= 0.3 is 6.03 Å². The van der Waals surface area contributed by atoms with Gasteiger partial charge in [-0.3, -0.25) is 9.69 Å². The summed E-state index contributed by atoms with van der Waals surface area (Å²) in [5.74, 6) is 0.545. The number of ether oxygens (including phenoxy) is 2. The minimum atomic E-state index is -0.126. The molecular weight excluding hydrogens is 408 g/mol. The highest BCUT2D eigenvalue weighted by Crippen LogP contribution is 2.23. The molecule has 2 atom stereocenters. The van der Waals surface area contributed by atoms with Gasteiger partial charge < -0.3 is 24.6 Å². The first kappa shape index (κ1) is 23.0. The number of carbonyl (C=O) groups excluding carboxylic acids is 2. The van der Waals surface area contributed by atoms with E-state index in [1.54, 1.807) is 17.0 Å². The van der Waals surface area contributed by atoms with Gasteiger partial charge in [0.25, 0.3) is 5.91 Å². The molecule has 0 spiro atoms. The fourth-order valence-electron chi connectivity index (χ4n) is 5.03. The summed E-state index contributed by atoms with van der Waals surface area (Å²) < 4.78 is 11.2. The molecule has 2 unspecified atom stereocenters. The summed E-state index contributed by atoms with van der Waals surface area (Å²) in [7, 11) is 0. The van der Waals surface area contributed by atoms with Crippen LogP contribution in [0, 0.1) is 5.92 Å². The molecule has 32 heavy (non-hydrogen) atoms. The van der Waals surface area contributed by atoms with Crippen molar-refractivity contribution in [2.75, 3.05) is 64.3 Å². The molecule has 3 aliphatic rings. The standard InChI is InChI=1S/C24H36N4O4/c1-18-15-26(16-19(2)32-18)17-20-7-9-28(10-8-20)24(30)25-22-6-4-3-5-21(22)23(29)27-11-13-31-14-12-27/h3-6,18-20H,7-17H2,1-2H3,(H,25,30). The van der Waals surface area contributed by atoms with Crippen LogP contribution in [0.3, 0.4) is 0 Å². The zero-order chi connectivity index (χ0) is 22.5. The summed E-state index contributed by atoms with van der Waals surface area (Å²) in [6.07, 6.45) is 2.57. The number of hydrogen-bond acceptors (Lipinski definition) is 5. The lowest BCUT2D eigenvalue weighted by molar-refractivity contribution is -0.0728. The summed E-state index contributed by atoms with van der Waals surface area (Å²) >= 11 is 0. The Balaban J connectivity index is 1.29. The number of carbonyl (C=O) groups is 2. The van der Waals surface area contributed by atoms with Crippen molar-refractivity contribution in [2.45, 2.75) is 38.9 Å². The lowest BCUT2D eigenvalue weighted by Crippen LogP contribution is -2.49. The molecule has 8 nitrogen and oxygen atoms in total. The number of nitrogens with one attached hydrogen (secondary N) is 1. The molecule has 3 heterocycles. The van der Waals surface area contributed by atoms with Crippen LogP contribution < -0.4 is 5.32 Å². The van der Waals surface area contributed by atoms with E-state index in [0.717, 1.165) is 45.6 Å². The first-order chi connectivity index (χ1) is 15.5. The first-order valence-electron chi connectivity index (χ1n) is 11.9. The van der Waals surface area contributed by atoms with Crippen molar-refractivity contribution < 1.29 is 19.1 Å². The van der Waals surface area contributed by atoms with Crippen molar-refractivity contribution in [3.05, 3.63) is 29.8 Å². The highest BCUT2D eigenvalue weighted by molar-refractivity contribution is 6.03. The second-order valence-corrected chi connectivity index (χ2v) is 9.29. The molecule has 1 aromatic rings. The number of urea groups is 1. The smallest absolute Gasteiger partial charge is 0.321 e. The van der Waals surface area contributed by atoms with Crippen molar-refractivity contribution in [3.63, 3.8) is 0 Å².